The molecule has 3 aromatic rings. The third-order valence-corrected chi connectivity index (χ3v) is 5.50. The zero-order valence-corrected chi connectivity index (χ0v) is 15.1. The van der Waals surface area contributed by atoms with E-state index in [4.69, 9.17) is 4.98 Å². The van der Waals surface area contributed by atoms with Gasteiger partial charge in [-0.05, 0) is 37.4 Å². The minimum Gasteiger partial charge on any atom is -0.355 e. The lowest BCUT2D eigenvalue weighted by molar-refractivity contribution is -0.122. The predicted octanol–water partition coefficient (Wildman–Crippen LogP) is 1.53. The molecule has 7 nitrogen and oxygen atoms in total. The minimum absolute atomic E-state index is 0.0956. The maximum atomic E-state index is 12.4. The summed E-state index contributed by atoms with van der Waals surface area (Å²) in [6.07, 6.45) is 6.18. The average Bonchev–Trinajstić information content (AvgIpc) is 3.32. The Morgan fingerprint density at radius 3 is 3.11 bits per heavy atom. The molecule has 27 heavy (non-hydrogen) atoms. The Balaban J connectivity index is 1.59. The van der Waals surface area contributed by atoms with E-state index in [1.807, 2.05) is 30.7 Å². The molecular formula is C20H22N6O. The molecule has 4 heterocycles. The number of benzene rings is 1. The first-order chi connectivity index (χ1) is 13.3. The molecule has 0 aliphatic carbocycles. The molecule has 2 N–H and O–H groups in total. The van der Waals surface area contributed by atoms with Gasteiger partial charge in [0.2, 0.25) is 5.91 Å². The van der Waals surface area contributed by atoms with E-state index in [2.05, 4.69) is 31.2 Å². The number of aromatic nitrogens is 4. The van der Waals surface area contributed by atoms with E-state index in [-0.39, 0.29) is 11.9 Å². The van der Waals surface area contributed by atoms with Crippen LogP contribution in [-0.2, 0) is 17.8 Å². The lowest BCUT2D eigenvalue weighted by atomic mass is 10.0. The molecule has 138 valence electrons. The fourth-order valence-electron chi connectivity index (χ4n) is 4.16. The number of nitrogens with zero attached hydrogens (tertiary/aromatic N) is 4. The Bertz CT molecular complexity index is 997. The monoisotopic (exact) mass is 362 g/mol. The number of hydrogen-bond donors (Lipinski definition) is 2. The maximum absolute atomic E-state index is 12.4. The van der Waals surface area contributed by atoms with Gasteiger partial charge in [-0.1, -0.05) is 12.1 Å². The fourth-order valence-corrected chi connectivity index (χ4v) is 4.16. The van der Waals surface area contributed by atoms with Crippen LogP contribution in [0.2, 0.25) is 0 Å². The van der Waals surface area contributed by atoms with Crippen LogP contribution in [0, 0.1) is 5.92 Å². The summed E-state index contributed by atoms with van der Waals surface area (Å²) in [5, 5.41) is 6.41. The first kappa shape index (κ1) is 16.4. The number of para-hydroxylation sites is 1. The third kappa shape index (κ3) is 3.08. The molecule has 1 fully saturated rings. The number of nitrogens with one attached hydrogen (secondary N) is 2. The second kappa shape index (κ2) is 6.74. The summed E-state index contributed by atoms with van der Waals surface area (Å²) >= 11 is 0. The molecule has 1 saturated heterocycles. The highest BCUT2D eigenvalue weighted by Gasteiger charge is 2.30. The highest BCUT2D eigenvalue weighted by molar-refractivity contribution is 5.91. The van der Waals surface area contributed by atoms with E-state index in [1.54, 1.807) is 0 Å². The zero-order chi connectivity index (χ0) is 18.2. The summed E-state index contributed by atoms with van der Waals surface area (Å²) in [7, 11) is 0. The normalized spacial score (nSPS) is 22.9. The summed E-state index contributed by atoms with van der Waals surface area (Å²) in [6.45, 7) is 2.29. The number of fused-ring (bicyclic) bond motifs is 5. The van der Waals surface area contributed by atoms with Crippen molar-refractivity contribution in [1.29, 1.82) is 0 Å². The quantitative estimate of drug-likeness (QED) is 0.634. The second-order valence-corrected chi connectivity index (χ2v) is 7.38. The highest BCUT2D eigenvalue weighted by atomic mass is 16.2. The molecule has 2 aliphatic rings. The van der Waals surface area contributed by atoms with Gasteiger partial charge in [-0.3, -0.25) is 4.79 Å². The lowest BCUT2D eigenvalue weighted by Crippen LogP contribution is -2.40. The van der Waals surface area contributed by atoms with Gasteiger partial charge in [-0.15, -0.1) is 0 Å². The molecule has 0 radical (unpaired) electrons. The number of carbonyl (C=O) groups is 1. The van der Waals surface area contributed by atoms with Gasteiger partial charge in [0.05, 0.1) is 29.1 Å². The van der Waals surface area contributed by atoms with Gasteiger partial charge in [0.15, 0.2) is 0 Å². The Labute approximate surface area is 157 Å². The van der Waals surface area contributed by atoms with E-state index in [0.717, 1.165) is 60.5 Å². The van der Waals surface area contributed by atoms with Crippen LogP contribution in [0.1, 0.15) is 18.7 Å². The molecule has 4 bridgehead atoms. The Morgan fingerprint density at radius 1 is 1.19 bits per heavy atom. The molecule has 1 aromatic carbocycles. The molecule has 2 unspecified atom stereocenters. The van der Waals surface area contributed by atoms with Crippen LogP contribution in [0.5, 0.6) is 0 Å². The van der Waals surface area contributed by atoms with Crippen LogP contribution in [-0.4, -0.2) is 44.6 Å². The van der Waals surface area contributed by atoms with Crippen molar-refractivity contribution in [3.8, 4) is 11.3 Å². The van der Waals surface area contributed by atoms with Gasteiger partial charge < -0.3 is 15.2 Å². The molecule has 2 aromatic heterocycles. The van der Waals surface area contributed by atoms with Gasteiger partial charge in [-0.2, -0.15) is 0 Å². The Morgan fingerprint density at radius 2 is 2.15 bits per heavy atom. The molecule has 7 heteroatoms. The van der Waals surface area contributed by atoms with Crippen LogP contribution in [0.4, 0.5) is 0 Å². The summed E-state index contributed by atoms with van der Waals surface area (Å²) in [6, 6.07) is 8.00. The number of hydrogen-bond acceptors (Lipinski definition) is 5. The number of carbonyl (C=O) groups excluding carboxylic acids is 1. The van der Waals surface area contributed by atoms with E-state index in [0.29, 0.717) is 12.5 Å². The van der Waals surface area contributed by atoms with Crippen molar-refractivity contribution in [3.63, 3.8) is 0 Å². The minimum atomic E-state index is -0.111. The van der Waals surface area contributed by atoms with Crippen LogP contribution >= 0.6 is 0 Å². The molecule has 5 rings (SSSR count). The topological polar surface area (TPSA) is 84.7 Å². The summed E-state index contributed by atoms with van der Waals surface area (Å²) in [5.74, 6) is 1.30. The standard InChI is InChI=1S/C20H22N6O/c27-20-17-9-13(11-23-17)10-18-21-7-5-15(25-18)14-3-1-4-16-19(14)26(12-24-16)8-2-6-22-20/h1,3-5,7,12-13,17,23H,2,6,8-11H2,(H,22,27). The first-order valence-electron chi connectivity index (χ1n) is 9.55. The Hall–Kier alpha value is -2.80. The highest BCUT2D eigenvalue weighted by Crippen LogP contribution is 2.28. The predicted molar refractivity (Wildman–Crippen MR) is 102 cm³/mol. The molecule has 0 spiro atoms. The van der Waals surface area contributed by atoms with Crippen LogP contribution in [0.15, 0.2) is 36.8 Å². The van der Waals surface area contributed by atoms with E-state index in [9.17, 15) is 4.79 Å². The van der Waals surface area contributed by atoms with E-state index < -0.39 is 0 Å². The maximum Gasteiger partial charge on any atom is 0.237 e. The van der Waals surface area contributed by atoms with Crippen molar-refractivity contribution in [3.05, 3.63) is 42.6 Å². The van der Waals surface area contributed by atoms with Crippen molar-refractivity contribution in [2.75, 3.05) is 13.1 Å². The largest absolute Gasteiger partial charge is 0.355 e. The van der Waals surface area contributed by atoms with Crippen molar-refractivity contribution in [2.45, 2.75) is 31.8 Å². The zero-order valence-electron chi connectivity index (χ0n) is 15.1. The lowest BCUT2D eigenvalue weighted by Gasteiger charge is -2.12. The Kier molecular flexibility index (Phi) is 4.09. The van der Waals surface area contributed by atoms with Crippen LogP contribution in [0.3, 0.4) is 0 Å². The smallest absolute Gasteiger partial charge is 0.237 e. The van der Waals surface area contributed by atoms with Gasteiger partial charge in [0.25, 0.3) is 0 Å². The molecule has 1 amide bonds. The van der Waals surface area contributed by atoms with Crippen LogP contribution in [0.25, 0.3) is 22.3 Å². The summed E-state index contributed by atoms with van der Waals surface area (Å²) < 4.78 is 2.16. The molecule has 0 saturated carbocycles. The van der Waals surface area contributed by atoms with Gasteiger partial charge in [0.1, 0.15) is 5.82 Å². The van der Waals surface area contributed by atoms with Crippen molar-refractivity contribution in [1.82, 2.24) is 30.2 Å². The van der Waals surface area contributed by atoms with Crippen molar-refractivity contribution < 1.29 is 4.79 Å². The first-order valence-corrected chi connectivity index (χ1v) is 9.55. The summed E-state index contributed by atoms with van der Waals surface area (Å²) in [5.41, 5.74) is 4.06. The van der Waals surface area contributed by atoms with Gasteiger partial charge in [0, 0.05) is 31.3 Å². The van der Waals surface area contributed by atoms with Gasteiger partial charge in [-0.25, -0.2) is 15.0 Å². The molecular weight excluding hydrogens is 340 g/mol. The molecule has 2 atom stereocenters. The molecule has 2 aliphatic heterocycles. The summed E-state index contributed by atoms with van der Waals surface area (Å²) in [4.78, 5) is 26.3. The van der Waals surface area contributed by atoms with Gasteiger partial charge >= 0.3 is 0 Å². The number of amides is 1. The SMILES string of the molecule is O=C1NCCCn2cnc3cccc(c32)-c2ccnc(n2)CC2CNC1C2. The fraction of sp³-hybridized carbons (Fsp3) is 0.400. The van der Waals surface area contributed by atoms with Crippen molar-refractivity contribution >= 4 is 16.9 Å². The second-order valence-electron chi connectivity index (χ2n) is 7.38. The van der Waals surface area contributed by atoms with Crippen LogP contribution < -0.4 is 10.6 Å². The van der Waals surface area contributed by atoms with E-state index in [1.165, 1.54) is 0 Å². The van der Waals surface area contributed by atoms with E-state index >= 15 is 0 Å². The average molecular weight is 362 g/mol. The number of aryl methyl sites for hydroxylation is 1. The number of rotatable bonds is 0. The van der Waals surface area contributed by atoms with Crippen molar-refractivity contribution in [2.24, 2.45) is 5.92 Å². The third-order valence-electron chi connectivity index (χ3n) is 5.50. The number of imidazole rings is 1.